The maximum absolute atomic E-state index is 13.2. The van der Waals surface area contributed by atoms with Crippen molar-refractivity contribution in [1.82, 2.24) is 24.4 Å². The van der Waals surface area contributed by atoms with Gasteiger partial charge in [0.15, 0.2) is 0 Å². The maximum atomic E-state index is 13.2. The Bertz CT molecular complexity index is 1370. The normalized spacial score (nSPS) is 13.7. The first-order chi connectivity index (χ1) is 15.5. The monoisotopic (exact) mass is 429 g/mol. The summed E-state index contributed by atoms with van der Waals surface area (Å²) in [5.41, 5.74) is 1.83. The molecule has 1 atom stereocenters. The number of fused-ring (bicyclic) bond motifs is 2. The highest BCUT2D eigenvalue weighted by molar-refractivity contribution is 5.98. The van der Waals surface area contributed by atoms with Crippen LogP contribution in [0.1, 0.15) is 40.0 Å². The Labute approximate surface area is 184 Å². The first-order valence-corrected chi connectivity index (χ1v) is 10.5. The van der Waals surface area contributed by atoms with Crippen LogP contribution in [0.3, 0.4) is 0 Å². The fourth-order valence-electron chi connectivity index (χ4n) is 4.19. The molecule has 2 aromatic carbocycles. The largest absolute Gasteiger partial charge is 0.497 e. The van der Waals surface area contributed by atoms with Gasteiger partial charge in [0, 0.05) is 38.0 Å². The molecule has 0 aliphatic carbocycles. The van der Waals surface area contributed by atoms with Gasteiger partial charge in [-0.1, -0.05) is 12.1 Å². The van der Waals surface area contributed by atoms with Gasteiger partial charge in [0.25, 0.3) is 11.5 Å². The molecule has 8 nitrogen and oxygen atoms in total. The number of benzene rings is 2. The van der Waals surface area contributed by atoms with Crippen LogP contribution >= 0.6 is 0 Å². The first-order valence-electron chi connectivity index (χ1n) is 10.5. The molecule has 0 fully saturated rings. The van der Waals surface area contributed by atoms with Gasteiger partial charge < -0.3 is 14.6 Å². The van der Waals surface area contributed by atoms with E-state index in [4.69, 9.17) is 4.74 Å². The number of carbonyl (C=O) groups is 1. The predicted molar refractivity (Wildman–Crippen MR) is 120 cm³/mol. The zero-order chi connectivity index (χ0) is 22.2. The van der Waals surface area contributed by atoms with E-state index in [1.165, 1.54) is 0 Å². The van der Waals surface area contributed by atoms with Gasteiger partial charge >= 0.3 is 0 Å². The molecule has 8 heteroatoms. The summed E-state index contributed by atoms with van der Waals surface area (Å²) in [5, 5.41) is 3.62. The Hall–Kier alpha value is -3.94. The van der Waals surface area contributed by atoms with Crippen molar-refractivity contribution in [3.8, 4) is 5.75 Å². The molecule has 162 valence electrons. The van der Waals surface area contributed by atoms with E-state index >= 15 is 0 Å². The standard InChI is InChI=1S/C24H23N5O3/c1-28-13-11-25-22(28)21(15-5-8-17(32-2)9-6-15)27-23(30)16-7-10-18-19(14-16)26-20-4-3-12-29(20)24(18)31/h5-11,13-14,21H,3-4,12H2,1-2H3,(H,27,30)/t21-/m1/s1. The number of imidazole rings is 1. The fraction of sp³-hybridized carbons (Fsp3) is 0.250. The van der Waals surface area contributed by atoms with Crippen LogP contribution in [0.15, 0.2) is 59.7 Å². The van der Waals surface area contributed by atoms with E-state index < -0.39 is 6.04 Å². The third-order valence-corrected chi connectivity index (χ3v) is 5.92. The van der Waals surface area contributed by atoms with Gasteiger partial charge in [-0.3, -0.25) is 14.2 Å². The van der Waals surface area contributed by atoms with Crippen molar-refractivity contribution in [2.24, 2.45) is 7.05 Å². The highest BCUT2D eigenvalue weighted by atomic mass is 16.5. The van der Waals surface area contributed by atoms with Gasteiger partial charge in [0.1, 0.15) is 23.4 Å². The molecule has 4 aromatic rings. The van der Waals surface area contributed by atoms with Crippen LogP contribution in [0, 0.1) is 0 Å². The van der Waals surface area contributed by atoms with Crippen LogP contribution in [0.4, 0.5) is 0 Å². The van der Waals surface area contributed by atoms with Gasteiger partial charge in [-0.15, -0.1) is 0 Å². The Morgan fingerprint density at radius 2 is 2.00 bits per heavy atom. The molecular weight excluding hydrogens is 406 g/mol. The highest BCUT2D eigenvalue weighted by Crippen LogP contribution is 2.24. The van der Waals surface area contributed by atoms with E-state index in [0.717, 1.165) is 30.0 Å². The third kappa shape index (κ3) is 3.43. The number of carbonyl (C=O) groups excluding carboxylic acids is 1. The van der Waals surface area contributed by atoms with Crippen molar-refractivity contribution in [2.75, 3.05) is 7.11 Å². The minimum atomic E-state index is -0.456. The van der Waals surface area contributed by atoms with Crippen molar-refractivity contribution in [3.63, 3.8) is 0 Å². The SMILES string of the molecule is COc1ccc([C@@H](NC(=O)c2ccc3c(=O)n4c(nc3c2)CCC4)c2nccn2C)cc1. The van der Waals surface area contributed by atoms with Gasteiger partial charge in [-0.2, -0.15) is 0 Å². The van der Waals surface area contributed by atoms with Crippen LogP contribution < -0.4 is 15.6 Å². The summed E-state index contributed by atoms with van der Waals surface area (Å²) in [7, 11) is 3.50. The molecule has 1 N–H and O–H groups in total. The molecule has 2 aromatic heterocycles. The minimum Gasteiger partial charge on any atom is -0.497 e. The molecule has 0 saturated carbocycles. The first kappa shape index (κ1) is 20.0. The third-order valence-electron chi connectivity index (χ3n) is 5.92. The number of methoxy groups -OCH3 is 1. The second-order valence-electron chi connectivity index (χ2n) is 7.90. The van der Waals surface area contributed by atoms with Crippen molar-refractivity contribution < 1.29 is 9.53 Å². The number of amides is 1. The quantitative estimate of drug-likeness (QED) is 0.527. The second kappa shape index (κ2) is 7.96. The number of hydrogen-bond acceptors (Lipinski definition) is 5. The molecule has 1 aliphatic heterocycles. The van der Waals surface area contributed by atoms with Crippen LogP contribution in [0.2, 0.25) is 0 Å². The zero-order valence-electron chi connectivity index (χ0n) is 17.9. The summed E-state index contributed by atoms with van der Waals surface area (Å²) in [6, 6.07) is 12.1. The van der Waals surface area contributed by atoms with E-state index in [9.17, 15) is 9.59 Å². The molecular formula is C24H23N5O3. The summed E-state index contributed by atoms with van der Waals surface area (Å²) >= 11 is 0. The molecule has 0 spiro atoms. The molecule has 0 radical (unpaired) electrons. The lowest BCUT2D eigenvalue weighted by molar-refractivity contribution is 0.0941. The van der Waals surface area contributed by atoms with Crippen molar-refractivity contribution in [2.45, 2.75) is 25.4 Å². The number of ether oxygens (including phenoxy) is 1. The van der Waals surface area contributed by atoms with Gasteiger partial charge in [0.2, 0.25) is 0 Å². The number of hydrogen-bond donors (Lipinski definition) is 1. The number of nitrogens with zero attached hydrogens (tertiary/aromatic N) is 4. The summed E-state index contributed by atoms with van der Waals surface area (Å²) in [4.78, 5) is 35.0. The van der Waals surface area contributed by atoms with E-state index in [-0.39, 0.29) is 11.5 Å². The lowest BCUT2D eigenvalue weighted by Gasteiger charge is -2.19. The number of nitrogens with one attached hydrogen (secondary N) is 1. The lowest BCUT2D eigenvalue weighted by atomic mass is 10.0. The Morgan fingerprint density at radius 1 is 1.19 bits per heavy atom. The van der Waals surface area contributed by atoms with E-state index in [1.54, 1.807) is 36.1 Å². The Kier molecular flexibility index (Phi) is 4.97. The molecule has 0 saturated heterocycles. The number of aryl methyl sites for hydroxylation is 2. The summed E-state index contributed by atoms with van der Waals surface area (Å²) in [6.07, 6.45) is 5.23. The molecule has 3 heterocycles. The summed E-state index contributed by atoms with van der Waals surface area (Å²) < 4.78 is 8.86. The molecule has 5 rings (SSSR count). The van der Waals surface area contributed by atoms with E-state index in [0.29, 0.717) is 28.8 Å². The van der Waals surface area contributed by atoms with Crippen molar-refractivity contribution in [1.29, 1.82) is 0 Å². The second-order valence-corrected chi connectivity index (χ2v) is 7.90. The zero-order valence-corrected chi connectivity index (χ0v) is 17.9. The van der Waals surface area contributed by atoms with Crippen LogP contribution in [-0.4, -0.2) is 32.1 Å². The highest BCUT2D eigenvalue weighted by Gasteiger charge is 2.23. The number of aromatic nitrogens is 4. The predicted octanol–water partition coefficient (Wildman–Crippen LogP) is 2.60. The van der Waals surface area contributed by atoms with Gasteiger partial charge in [-0.25, -0.2) is 9.97 Å². The van der Waals surface area contributed by atoms with Crippen molar-refractivity contribution >= 4 is 16.8 Å². The maximum Gasteiger partial charge on any atom is 0.261 e. The summed E-state index contributed by atoms with van der Waals surface area (Å²) in [5.74, 6) is 1.96. The number of rotatable bonds is 5. The minimum absolute atomic E-state index is 0.0430. The smallest absolute Gasteiger partial charge is 0.261 e. The van der Waals surface area contributed by atoms with Crippen LogP contribution in [-0.2, 0) is 20.0 Å². The Morgan fingerprint density at radius 3 is 2.72 bits per heavy atom. The lowest BCUT2D eigenvalue weighted by Crippen LogP contribution is -2.31. The Balaban J connectivity index is 1.50. The fourth-order valence-corrected chi connectivity index (χ4v) is 4.19. The molecule has 32 heavy (non-hydrogen) atoms. The van der Waals surface area contributed by atoms with Gasteiger partial charge in [-0.05, 0) is 42.3 Å². The average molecular weight is 429 g/mol. The molecule has 1 aliphatic rings. The summed E-state index contributed by atoms with van der Waals surface area (Å²) in [6.45, 7) is 0.701. The molecule has 0 unspecified atom stereocenters. The van der Waals surface area contributed by atoms with E-state index in [2.05, 4.69) is 15.3 Å². The van der Waals surface area contributed by atoms with Crippen LogP contribution in [0.25, 0.3) is 10.9 Å². The van der Waals surface area contributed by atoms with Gasteiger partial charge in [0.05, 0.1) is 18.0 Å². The molecule has 1 amide bonds. The van der Waals surface area contributed by atoms with E-state index in [1.807, 2.05) is 42.1 Å². The topological polar surface area (TPSA) is 91.0 Å². The van der Waals surface area contributed by atoms with Crippen LogP contribution in [0.5, 0.6) is 5.75 Å². The molecule has 0 bridgehead atoms. The average Bonchev–Trinajstić information content (AvgIpc) is 3.46. The van der Waals surface area contributed by atoms with Crippen molar-refractivity contribution in [3.05, 3.63) is 88.0 Å².